The van der Waals surface area contributed by atoms with Gasteiger partial charge in [-0.2, -0.15) is 0 Å². The predicted octanol–water partition coefficient (Wildman–Crippen LogP) is 4.59. The Morgan fingerprint density at radius 1 is 1.00 bits per heavy atom. The standard InChI is InChI=1S/C21H15N3O3S/c1-13-12-16(27-24-13)20(26)23-21-22-17(14-8-4-2-5-9-14)19(28-21)18(25)15-10-6-3-7-11-15/h2-12H,1H3,(H,22,23,26). The molecule has 2 heterocycles. The van der Waals surface area contributed by atoms with Crippen molar-refractivity contribution in [2.75, 3.05) is 5.32 Å². The van der Waals surface area contributed by atoms with Crippen LogP contribution in [0.15, 0.2) is 71.3 Å². The number of amides is 1. The summed E-state index contributed by atoms with van der Waals surface area (Å²) in [5, 5.41) is 6.72. The molecule has 1 N–H and O–H groups in total. The van der Waals surface area contributed by atoms with Crippen LogP contribution in [0.4, 0.5) is 5.13 Å². The Morgan fingerprint density at radius 2 is 1.68 bits per heavy atom. The topological polar surface area (TPSA) is 85.1 Å². The maximum atomic E-state index is 13.0. The van der Waals surface area contributed by atoms with Crippen molar-refractivity contribution in [2.45, 2.75) is 6.92 Å². The van der Waals surface area contributed by atoms with E-state index in [4.69, 9.17) is 4.52 Å². The number of rotatable bonds is 5. The highest BCUT2D eigenvalue weighted by atomic mass is 32.1. The lowest BCUT2D eigenvalue weighted by atomic mass is 10.1. The van der Waals surface area contributed by atoms with Crippen molar-refractivity contribution in [2.24, 2.45) is 0 Å². The van der Waals surface area contributed by atoms with Crippen LogP contribution in [0.3, 0.4) is 0 Å². The number of benzene rings is 2. The van der Waals surface area contributed by atoms with Gasteiger partial charge in [0.15, 0.2) is 5.13 Å². The van der Waals surface area contributed by atoms with Crippen molar-refractivity contribution < 1.29 is 14.1 Å². The molecule has 28 heavy (non-hydrogen) atoms. The molecular weight excluding hydrogens is 374 g/mol. The van der Waals surface area contributed by atoms with Gasteiger partial charge in [-0.3, -0.25) is 14.9 Å². The number of aromatic nitrogens is 2. The second kappa shape index (κ2) is 7.58. The zero-order chi connectivity index (χ0) is 19.5. The number of aryl methyl sites for hydroxylation is 1. The third kappa shape index (κ3) is 3.60. The van der Waals surface area contributed by atoms with E-state index in [2.05, 4.69) is 15.5 Å². The van der Waals surface area contributed by atoms with E-state index >= 15 is 0 Å². The lowest BCUT2D eigenvalue weighted by Gasteiger charge is -2.02. The summed E-state index contributed by atoms with van der Waals surface area (Å²) in [4.78, 5) is 30.4. The monoisotopic (exact) mass is 389 g/mol. The molecule has 0 radical (unpaired) electrons. The van der Waals surface area contributed by atoms with Crippen molar-refractivity contribution >= 4 is 28.2 Å². The Bertz CT molecular complexity index is 1130. The van der Waals surface area contributed by atoms with Crippen LogP contribution in [0.1, 0.15) is 31.5 Å². The first-order valence-electron chi connectivity index (χ1n) is 8.52. The molecule has 6 nitrogen and oxygen atoms in total. The molecule has 2 aromatic carbocycles. The molecule has 0 fully saturated rings. The fraction of sp³-hybridized carbons (Fsp3) is 0.0476. The minimum Gasteiger partial charge on any atom is -0.351 e. The number of nitrogens with zero attached hydrogens (tertiary/aromatic N) is 2. The van der Waals surface area contributed by atoms with Gasteiger partial charge in [0.05, 0.1) is 11.4 Å². The number of carbonyl (C=O) groups excluding carboxylic acids is 2. The van der Waals surface area contributed by atoms with E-state index < -0.39 is 5.91 Å². The average molecular weight is 389 g/mol. The summed E-state index contributed by atoms with van der Waals surface area (Å²) in [5.41, 5.74) is 2.50. The molecule has 0 aliphatic heterocycles. The maximum Gasteiger partial charge on any atom is 0.296 e. The van der Waals surface area contributed by atoms with Gasteiger partial charge < -0.3 is 4.52 Å². The van der Waals surface area contributed by atoms with Gasteiger partial charge >= 0.3 is 0 Å². The maximum absolute atomic E-state index is 13.0. The molecule has 0 unspecified atom stereocenters. The first-order valence-corrected chi connectivity index (χ1v) is 9.34. The third-order valence-electron chi connectivity index (χ3n) is 3.99. The van der Waals surface area contributed by atoms with E-state index in [0.29, 0.717) is 27.0 Å². The van der Waals surface area contributed by atoms with Crippen LogP contribution in [0.2, 0.25) is 0 Å². The van der Waals surface area contributed by atoms with Gasteiger partial charge in [-0.05, 0) is 6.92 Å². The molecule has 0 atom stereocenters. The van der Waals surface area contributed by atoms with Crippen LogP contribution in [-0.4, -0.2) is 21.8 Å². The minimum atomic E-state index is -0.465. The van der Waals surface area contributed by atoms with Crippen molar-refractivity contribution in [1.29, 1.82) is 0 Å². The average Bonchev–Trinajstić information content (AvgIpc) is 3.35. The normalized spacial score (nSPS) is 10.6. The lowest BCUT2D eigenvalue weighted by molar-refractivity contribution is 0.0986. The summed E-state index contributed by atoms with van der Waals surface area (Å²) < 4.78 is 4.98. The van der Waals surface area contributed by atoms with Crippen molar-refractivity contribution in [3.05, 3.63) is 88.6 Å². The molecule has 1 amide bonds. The van der Waals surface area contributed by atoms with Crippen LogP contribution in [0, 0.1) is 6.92 Å². The SMILES string of the molecule is Cc1cc(C(=O)Nc2nc(-c3ccccc3)c(C(=O)c3ccccc3)s2)on1. The number of hydrogen-bond acceptors (Lipinski definition) is 6. The number of anilines is 1. The van der Waals surface area contributed by atoms with Gasteiger partial charge in [0, 0.05) is 17.2 Å². The number of hydrogen-bond donors (Lipinski definition) is 1. The van der Waals surface area contributed by atoms with E-state index in [-0.39, 0.29) is 11.5 Å². The number of thiazole rings is 1. The summed E-state index contributed by atoms with van der Waals surface area (Å²) in [5.74, 6) is -0.523. The van der Waals surface area contributed by atoms with Crippen LogP contribution in [0.25, 0.3) is 11.3 Å². The Labute approximate surface area is 164 Å². The first-order chi connectivity index (χ1) is 13.6. The summed E-state index contributed by atoms with van der Waals surface area (Å²) in [6.07, 6.45) is 0. The summed E-state index contributed by atoms with van der Waals surface area (Å²) in [6.45, 7) is 1.73. The lowest BCUT2D eigenvalue weighted by Crippen LogP contribution is -2.10. The first kappa shape index (κ1) is 17.8. The number of ketones is 1. The van der Waals surface area contributed by atoms with Crippen LogP contribution in [-0.2, 0) is 0 Å². The van der Waals surface area contributed by atoms with Gasteiger partial charge in [-0.15, -0.1) is 0 Å². The highest BCUT2D eigenvalue weighted by Gasteiger charge is 2.22. The van der Waals surface area contributed by atoms with E-state index in [1.807, 2.05) is 48.5 Å². The van der Waals surface area contributed by atoms with E-state index in [9.17, 15) is 9.59 Å². The molecular formula is C21H15N3O3S. The molecule has 0 bridgehead atoms. The molecule has 2 aromatic heterocycles. The van der Waals surface area contributed by atoms with Gasteiger partial charge in [0.1, 0.15) is 4.88 Å². The second-order valence-electron chi connectivity index (χ2n) is 6.04. The molecule has 0 spiro atoms. The molecule has 0 saturated heterocycles. The minimum absolute atomic E-state index is 0.0879. The smallest absolute Gasteiger partial charge is 0.296 e. The Balaban J connectivity index is 1.72. The number of carbonyl (C=O) groups is 2. The van der Waals surface area contributed by atoms with Gasteiger partial charge in [-0.1, -0.05) is 77.2 Å². The Kier molecular flexibility index (Phi) is 4.82. The summed E-state index contributed by atoms with van der Waals surface area (Å²) >= 11 is 1.13. The molecule has 0 aliphatic rings. The quantitative estimate of drug-likeness (QED) is 0.505. The zero-order valence-electron chi connectivity index (χ0n) is 14.9. The van der Waals surface area contributed by atoms with E-state index in [1.165, 1.54) is 6.07 Å². The number of nitrogens with one attached hydrogen (secondary N) is 1. The summed E-state index contributed by atoms with van der Waals surface area (Å²) in [6, 6.07) is 19.9. The van der Waals surface area contributed by atoms with E-state index in [0.717, 1.165) is 16.9 Å². The summed E-state index contributed by atoms with van der Waals surface area (Å²) in [7, 11) is 0. The molecule has 4 aromatic rings. The van der Waals surface area contributed by atoms with Gasteiger partial charge in [0.25, 0.3) is 5.91 Å². The fourth-order valence-corrected chi connectivity index (χ4v) is 3.61. The molecule has 138 valence electrons. The highest BCUT2D eigenvalue weighted by Crippen LogP contribution is 2.33. The molecule has 0 aliphatic carbocycles. The van der Waals surface area contributed by atoms with Crippen LogP contribution >= 0.6 is 11.3 Å². The van der Waals surface area contributed by atoms with Gasteiger partial charge in [-0.25, -0.2) is 4.98 Å². The van der Waals surface area contributed by atoms with Crippen molar-refractivity contribution in [3.8, 4) is 11.3 Å². The zero-order valence-corrected chi connectivity index (χ0v) is 15.7. The Morgan fingerprint density at radius 3 is 2.32 bits per heavy atom. The highest BCUT2D eigenvalue weighted by molar-refractivity contribution is 7.18. The van der Waals surface area contributed by atoms with Crippen LogP contribution < -0.4 is 5.32 Å². The van der Waals surface area contributed by atoms with Crippen molar-refractivity contribution in [1.82, 2.24) is 10.1 Å². The Hall–Kier alpha value is -3.58. The van der Waals surface area contributed by atoms with E-state index in [1.54, 1.807) is 19.1 Å². The largest absolute Gasteiger partial charge is 0.351 e. The molecule has 4 rings (SSSR count). The second-order valence-corrected chi connectivity index (χ2v) is 7.04. The molecule has 0 saturated carbocycles. The van der Waals surface area contributed by atoms with Gasteiger partial charge in [0.2, 0.25) is 11.5 Å². The third-order valence-corrected chi connectivity index (χ3v) is 4.96. The van der Waals surface area contributed by atoms with Crippen LogP contribution in [0.5, 0.6) is 0 Å². The predicted molar refractivity (Wildman–Crippen MR) is 107 cm³/mol. The van der Waals surface area contributed by atoms with Crippen molar-refractivity contribution in [3.63, 3.8) is 0 Å². The molecule has 7 heteroatoms. The fourth-order valence-electron chi connectivity index (χ4n) is 2.67.